The van der Waals surface area contributed by atoms with Gasteiger partial charge >= 0.3 is 0 Å². The first-order valence-corrected chi connectivity index (χ1v) is 6.18. The summed E-state index contributed by atoms with van der Waals surface area (Å²) in [6.07, 6.45) is 8.36. The Bertz CT molecular complexity index is 428. The SMILES string of the molecule is CC.CC1(C)/C(=C/C=C\N)Cc2ncccc21. The molecule has 17 heavy (non-hydrogen) atoms. The van der Waals surface area contributed by atoms with Gasteiger partial charge in [0.05, 0.1) is 0 Å². The second-order valence-corrected chi connectivity index (χ2v) is 4.38. The lowest BCUT2D eigenvalue weighted by molar-refractivity contribution is 0.644. The largest absolute Gasteiger partial charge is 0.405 e. The summed E-state index contributed by atoms with van der Waals surface area (Å²) >= 11 is 0. The summed E-state index contributed by atoms with van der Waals surface area (Å²) in [6.45, 7) is 8.47. The molecule has 0 spiro atoms. The Kier molecular flexibility index (Phi) is 4.50. The Morgan fingerprint density at radius 2 is 2.06 bits per heavy atom. The molecule has 0 aromatic carbocycles. The smallest absolute Gasteiger partial charge is 0.0485 e. The van der Waals surface area contributed by atoms with Gasteiger partial charge in [0.15, 0.2) is 0 Å². The van der Waals surface area contributed by atoms with Crippen LogP contribution in [-0.4, -0.2) is 4.98 Å². The summed E-state index contributed by atoms with van der Waals surface area (Å²) in [5.74, 6) is 0. The van der Waals surface area contributed by atoms with E-state index in [4.69, 9.17) is 5.73 Å². The summed E-state index contributed by atoms with van der Waals surface area (Å²) < 4.78 is 0. The highest BCUT2D eigenvalue weighted by atomic mass is 14.7. The molecule has 1 aliphatic carbocycles. The fraction of sp³-hybridized carbons (Fsp3) is 0.400. The minimum Gasteiger partial charge on any atom is -0.405 e. The number of nitrogens with two attached hydrogens (primary N) is 1. The number of aromatic nitrogens is 1. The van der Waals surface area contributed by atoms with Crippen LogP contribution in [0.5, 0.6) is 0 Å². The number of fused-ring (bicyclic) bond motifs is 1. The van der Waals surface area contributed by atoms with Crippen molar-refractivity contribution in [2.75, 3.05) is 0 Å². The Balaban J connectivity index is 0.000000686. The molecule has 0 radical (unpaired) electrons. The topological polar surface area (TPSA) is 38.9 Å². The van der Waals surface area contributed by atoms with Crippen LogP contribution in [0.4, 0.5) is 0 Å². The third kappa shape index (κ3) is 2.57. The van der Waals surface area contributed by atoms with E-state index in [1.165, 1.54) is 16.8 Å². The van der Waals surface area contributed by atoms with Gasteiger partial charge in [-0.2, -0.15) is 0 Å². The highest BCUT2D eigenvalue weighted by Gasteiger charge is 2.34. The molecule has 1 heterocycles. The molecular formula is C15H22N2. The van der Waals surface area contributed by atoms with Crippen LogP contribution in [0.3, 0.4) is 0 Å². The first-order chi connectivity index (χ1) is 8.16. The quantitative estimate of drug-likeness (QED) is 0.803. The van der Waals surface area contributed by atoms with E-state index in [2.05, 4.69) is 31.0 Å². The molecule has 0 aliphatic heterocycles. The van der Waals surface area contributed by atoms with Crippen molar-refractivity contribution >= 4 is 0 Å². The molecule has 1 aliphatic rings. The van der Waals surface area contributed by atoms with Crippen molar-refractivity contribution in [3.63, 3.8) is 0 Å². The maximum atomic E-state index is 5.36. The van der Waals surface area contributed by atoms with Gasteiger partial charge in [-0.1, -0.05) is 45.4 Å². The van der Waals surface area contributed by atoms with Crippen LogP contribution in [0.15, 0.2) is 42.3 Å². The molecule has 0 fully saturated rings. The van der Waals surface area contributed by atoms with Crippen molar-refractivity contribution in [1.29, 1.82) is 0 Å². The van der Waals surface area contributed by atoms with Gasteiger partial charge in [-0.15, -0.1) is 0 Å². The molecule has 1 aromatic rings. The van der Waals surface area contributed by atoms with E-state index in [-0.39, 0.29) is 5.41 Å². The van der Waals surface area contributed by atoms with Gasteiger partial charge in [-0.05, 0) is 23.9 Å². The summed E-state index contributed by atoms with van der Waals surface area (Å²) in [6, 6.07) is 4.16. The van der Waals surface area contributed by atoms with E-state index in [0.717, 1.165) is 6.42 Å². The Labute approximate surface area is 104 Å². The van der Waals surface area contributed by atoms with E-state index >= 15 is 0 Å². The van der Waals surface area contributed by atoms with Crippen molar-refractivity contribution < 1.29 is 0 Å². The molecule has 0 saturated heterocycles. The van der Waals surface area contributed by atoms with Gasteiger partial charge < -0.3 is 5.73 Å². The predicted molar refractivity (Wildman–Crippen MR) is 73.7 cm³/mol. The Morgan fingerprint density at radius 1 is 1.35 bits per heavy atom. The summed E-state index contributed by atoms with van der Waals surface area (Å²) in [4.78, 5) is 4.42. The Hall–Kier alpha value is -1.57. The highest BCUT2D eigenvalue weighted by Crippen LogP contribution is 2.41. The first kappa shape index (κ1) is 13.5. The summed E-state index contributed by atoms with van der Waals surface area (Å²) in [5, 5.41) is 0. The Morgan fingerprint density at radius 3 is 2.65 bits per heavy atom. The van der Waals surface area contributed by atoms with Gasteiger partial charge in [-0.25, -0.2) is 0 Å². The van der Waals surface area contributed by atoms with Crippen molar-refractivity contribution in [2.45, 2.75) is 39.5 Å². The van der Waals surface area contributed by atoms with Crippen LogP contribution in [-0.2, 0) is 11.8 Å². The lowest BCUT2D eigenvalue weighted by atomic mass is 9.83. The highest BCUT2D eigenvalue weighted by molar-refractivity contribution is 5.47. The van der Waals surface area contributed by atoms with Crippen molar-refractivity contribution in [1.82, 2.24) is 4.98 Å². The van der Waals surface area contributed by atoms with Crippen molar-refractivity contribution in [2.24, 2.45) is 5.73 Å². The monoisotopic (exact) mass is 230 g/mol. The van der Waals surface area contributed by atoms with Gasteiger partial charge in [-0.3, -0.25) is 4.98 Å². The third-order valence-corrected chi connectivity index (χ3v) is 3.13. The average Bonchev–Trinajstić information content (AvgIpc) is 2.61. The minimum absolute atomic E-state index is 0.0864. The molecule has 0 saturated carbocycles. The van der Waals surface area contributed by atoms with Crippen LogP contribution in [0.2, 0.25) is 0 Å². The van der Waals surface area contributed by atoms with Crippen LogP contribution < -0.4 is 5.73 Å². The molecule has 2 rings (SSSR count). The van der Waals surface area contributed by atoms with Crippen molar-refractivity contribution in [3.8, 4) is 0 Å². The molecule has 2 N–H and O–H groups in total. The lowest BCUT2D eigenvalue weighted by Gasteiger charge is -2.21. The maximum absolute atomic E-state index is 5.36. The first-order valence-electron chi connectivity index (χ1n) is 6.18. The zero-order valence-corrected chi connectivity index (χ0v) is 11.2. The summed E-state index contributed by atoms with van der Waals surface area (Å²) in [7, 11) is 0. The van der Waals surface area contributed by atoms with Crippen LogP contribution in [0.1, 0.15) is 39.0 Å². The van der Waals surface area contributed by atoms with Crippen molar-refractivity contribution in [3.05, 3.63) is 53.5 Å². The minimum atomic E-state index is 0.0864. The van der Waals surface area contributed by atoms with Crippen LogP contribution in [0.25, 0.3) is 0 Å². The molecule has 0 bridgehead atoms. The number of rotatable bonds is 1. The molecule has 1 aromatic heterocycles. The van der Waals surface area contributed by atoms with Gasteiger partial charge in [0.2, 0.25) is 0 Å². The molecule has 0 amide bonds. The normalized spacial score (nSPS) is 18.9. The van der Waals surface area contributed by atoms with E-state index in [1.807, 2.05) is 32.2 Å². The molecule has 0 atom stereocenters. The average molecular weight is 230 g/mol. The molecule has 2 nitrogen and oxygen atoms in total. The number of nitrogens with zero attached hydrogens (tertiary/aromatic N) is 1. The second kappa shape index (κ2) is 5.67. The summed E-state index contributed by atoms with van der Waals surface area (Å²) in [5.41, 5.74) is 9.35. The van der Waals surface area contributed by atoms with E-state index < -0.39 is 0 Å². The third-order valence-electron chi connectivity index (χ3n) is 3.13. The predicted octanol–water partition coefficient (Wildman–Crippen LogP) is 3.34. The fourth-order valence-corrected chi connectivity index (χ4v) is 2.16. The van der Waals surface area contributed by atoms with Crippen LogP contribution >= 0.6 is 0 Å². The number of hydrogen-bond acceptors (Lipinski definition) is 2. The lowest BCUT2D eigenvalue weighted by Crippen LogP contribution is -2.15. The number of hydrogen-bond donors (Lipinski definition) is 1. The zero-order chi connectivity index (χ0) is 12.9. The number of pyridine rings is 1. The van der Waals surface area contributed by atoms with Gasteiger partial charge in [0.1, 0.15) is 0 Å². The molecule has 92 valence electrons. The maximum Gasteiger partial charge on any atom is 0.0485 e. The number of allylic oxidation sites excluding steroid dienone is 3. The van der Waals surface area contributed by atoms with Gasteiger partial charge in [0.25, 0.3) is 0 Å². The standard InChI is InChI=1S/C13H16N2.C2H6/c1-13(2)10(5-3-7-14)9-12-11(13)6-4-8-15-12;1-2/h3-8H,9,14H2,1-2H3;1-2H3/b7-3-,10-5+;. The second-order valence-electron chi connectivity index (χ2n) is 4.38. The van der Waals surface area contributed by atoms with Crippen LogP contribution in [0, 0.1) is 0 Å². The molecule has 0 unspecified atom stereocenters. The van der Waals surface area contributed by atoms with Gasteiger partial charge in [0, 0.05) is 23.7 Å². The fourth-order valence-electron chi connectivity index (χ4n) is 2.16. The molecular weight excluding hydrogens is 208 g/mol. The molecule has 2 heteroatoms. The van der Waals surface area contributed by atoms with E-state index in [9.17, 15) is 0 Å². The van der Waals surface area contributed by atoms with E-state index in [0.29, 0.717) is 0 Å². The zero-order valence-electron chi connectivity index (χ0n) is 11.2. The van der Waals surface area contributed by atoms with E-state index in [1.54, 1.807) is 6.20 Å².